The summed E-state index contributed by atoms with van der Waals surface area (Å²) in [5.74, 6) is 0. The first-order valence-electron chi connectivity index (χ1n) is 7.00. The summed E-state index contributed by atoms with van der Waals surface area (Å²) in [5, 5.41) is 26.9. The van der Waals surface area contributed by atoms with Gasteiger partial charge < -0.3 is 15.5 Å². The molecule has 2 unspecified atom stereocenters. The largest absolute Gasteiger partial charge is 0.390 e. The van der Waals surface area contributed by atoms with Crippen LogP contribution in [0.4, 0.5) is 11.4 Å². The minimum Gasteiger partial charge on any atom is -0.390 e. The monoisotopic (exact) mass is 298 g/mol. The Kier molecular flexibility index (Phi) is 5.80. The maximum Gasteiger partial charge on any atom is 0.107 e. The first-order valence-corrected chi connectivity index (χ1v) is 7.00. The number of nitrogens with one attached hydrogen (secondary N) is 1. The van der Waals surface area contributed by atoms with Gasteiger partial charge in [-0.25, -0.2) is 0 Å². The van der Waals surface area contributed by atoms with E-state index in [-0.39, 0.29) is 13.0 Å². The van der Waals surface area contributed by atoms with Gasteiger partial charge in [-0.05, 0) is 30.2 Å². The van der Waals surface area contributed by atoms with E-state index in [4.69, 9.17) is 5.53 Å². The van der Waals surface area contributed by atoms with Crippen LogP contribution in [0.2, 0.25) is 0 Å². The Hall–Kier alpha value is -2.53. The van der Waals surface area contributed by atoms with Crippen molar-refractivity contribution >= 4 is 11.4 Å². The molecule has 2 rings (SSSR count). The van der Waals surface area contributed by atoms with Gasteiger partial charge in [0.1, 0.15) is 6.10 Å². The van der Waals surface area contributed by atoms with Gasteiger partial charge in [-0.2, -0.15) is 0 Å². The van der Waals surface area contributed by atoms with Crippen molar-refractivity contribution in [3.63, 3.8) is 0 Å². The molecule has 0 aliphatic rings. The fourth-order valence-corrected chi connectivity index (χ4v) is 2.15. The lowest BCUT2D eigenvalue weighted by atomic mass is 10.00. The average Bonchev–Trinajstić information content (AvgIpc) is 2.56. The first-order chi connectivity index (χ1) is 10.7. The third-order valence-electron chi connectivity index (χ3n) is 3.28. The molecule has 2 aromatic rings. The molecule has 0 saturated carbocycles. The van der Waals surface area contributed by atoms with Crippen molar-refractivity contribution in [1.82, 2.24) is 0 Å². The summed E-state index contributed by atoms with van der Waals surface area (Å²) < 4.78 is 0. The molecular weight excluding hydrogens is 280 g/mol. The van der Waals surface area contributed by atoms with Crippen molar-refractivity contribution in [2.24, 2.45) is 5.11 Å². The second-order valence-corrected chi connectivity index (χ2v) is 4.83. The second-order valence-electron chi connectivity index (χ2n) is 4.83. The maximum atomic E-state index is 10.3. The molecule has 0 heterocycles. The Morgan fingerprint density at radius 2 is 1.73 bits per heavy atom. The normalized spacial score (nSPS) is 13.0. The Labute approximate surface area is 128 Å². The lowest BCUT2D eigenvalue weighted by Gasteiger charge is -2.21. The summed E-state index contributed by atoms with van der Waals surface area (Å²) in [6, 6.07) is 16.8. The number of benzene rings is 2. The molecule has 114 valence electrons. The fourth-order valence-electron chi connectivity index (χ4n) is 2.15. The van der Waals surface area contributed by atoms with Crippen LogP contribution in [0.1, 0.15) is 18.1 Å². The van der Waals surface area contributed by atoms with Crippen LogP contribution in [0, 0.1) is 0 Å². The van der Waals surface area contributed by atoms with Crippen LogP contribution in [-0.4, -0.2) is 22.9 Å². The molecule has 2 aromatic carbocycles. The van der Waals surface area contributed by atoms with Crippen LogP contribution in [-0.2, 0) is 0 Å². The summed E-state index contributed by atoms with van der Waals surface area (Å²) in [6.07, 6.45) is -1.85. The lowest BCUT2D eigenvalue weighted by Crippen LogP contribution is -2.20. The Balaban J connectivity index is 2.15. The molecule has 6 nitrogen and oxygen atoms in total. The van der Waals surface area contributed by atoms with E-state index in [1.165, 1.54) is 0 Å². The van der Waals surface area contributed by atoms with Gasteiger partial charge in [-0.3, -0.25) is 0 Å². The molecule has 0 fully saturated rings. The molecule has 3 N–H and O–H groups in total. The number of para-hydroxylation sites is 2. The van der Waals surface area contributed by atoms with Gasteiger partial charge in [0.15, 0.2) is 0 Å². The van der Waals surface area contributed by atoms with Crippen molar-refractivity contribution in [1.29, 1.82) is 0 Å². The predicted molar refractivity (Wildman–Crippen MR) is 85.8 cm³/mol. The quantitative estimate of drug-likeness (QED) is 0.414. The van der Waals surface area contributed by atoms with Crippen LogP contribution in [0.3, 0.4) is 0 Å². The number of nitrogens with zero attached hydrogens (tertiary/aromatic N) is 3. The smallest absolute Gasteiger partial charge is 0.107 e. The number of aliphatic hydroxyl groups is 2. The number of azide groups is 1. The first kappa shape index (κ1) is 15.9. The predicted octanol–water partition coefficient (Wildman–Crippen LogP) is 3.52. The van der Waals surface area contributed by atoms with E-state index in [9.17, 15) is 10.2 Å². The number of hydrogen-bond acceptors (Lipinski definition) is 4. The van der Waals surface area contributed by atoms with Crippen LogP contribution in [0.5, 0.6) is 0 Å². The number of hydrogen-bond donors (Lipinski definition) is 3. The molecule has 0 spiro atoms. The summed E-state index contributed by atoms with van der Waals surface area (Å²) in [6.45, 7) is 0.142. The van der Waals surface area contributed by atoms with Gasteiger partial charge in [0.25, 0.3) is 0 Å². The highest BCUT2D eigenvalue weighted by Crippen LogP contribution is 2.28. The maximum absolute atomic E-state index is 10.3. The highest BCUT2D eigenvalue weighted by Gasteiger charge is 2.20. The molecule has 0 aromatic heterocycles. The summed E-state index contributed by atoms with van der Waals surface area (Å²) in [5.41, 5.74) is 10.5. The van der Waals surface area contributed by atoms with E-state index in [2.05, 4.69) is 15.3 Å². The lowest BCUT2D eigenvalue weighted by molar-refractivity contribution is 0.0154. The van der Waals surface area contributed by atoms with Gasteiger partial charge in [-0.15, -0.1) is 0 Å². The molecule has 0 bridgehead atoms. The van der Waals surface area contributed by atoms with E-state index >= 15 is 0 Å². The van der Waals surface area contributed by atoms with E-state index in [0.29, 0.717) is 5.56 Å². The van der Waals surface area contributed by atoms with Crippen LogP contribution in [0.15, 0.2) is 59.7 Å². The standard InChI is InChI=1S/C16H18N4O2/c17-20-18-11-10-15(21)16(22)13-8-4-5-9-14(13)19-12-6-2-1-3-7-12/h1-9,15-16,19,21-22H,10-11H2. The van der Waals surface area contributed by atoms with E-state index < -0.39 is 12.2 Å². The highest BCUT2D eigenvalue weighted by molar-refractivity contribution is 5.63. The van der Waals surface area contributed by atoms with Crippen molar-refractivity contribution < 1.29 is 10.2 Å². The molecule has 22 heavy (non-hydrogen) atoms. The van der Waals surface area contributed by atoms with Gasteiger partial charge in [0.05, 0.1) is 6.10 Å². The van der Waals surface area contributed by atoms with E-state index in [0.717, 1.165) is 11.4 Å². The van der Waals surface area contributed by atoms with Crippen LogP contribution >= 0.6 is 0 Å². The second kappa shape index (κ2) is 8.05. The summed E-state index contributed by atoms with van der Waals surface area (Å²) >= 11 is 0. The molecule has 0 aliphatic heterocycles. The Morgan fingerprint density at radius 1 is 1.05 bits per heavy atom. The highest BCUT2D eigenvalue weighted by atomic mass is 16.3. The summed E-state index contributed by atoms with van der Waals surface area (Å²) in [7, 11) is 0. The van der Waals surface area contributed by atoms with Crippen LogP contribution < -0.4 is 5.32 Å². The van der Waals surface area contributed by atoms with Crippen molar-refractivity contribution in [2.75, 3.05) is 11.9 Å². The number of anilines is 2. The van der Waals surface area contributed by atoms with E-state index in [1.807, 2.05) is 42.5 Å². The van der Waals surface area contributed by atoms with Gasteiger partial charge in [-0.1, -0.05) is 41.5 Å². The minimum atomic E-state index is -1.05. The van der Waals surface area contributed by atoms with Gasteiger partial charge >= 0.3 is 0 Å². The molecular formula is C16H18N4O2. The Bertz CT molecular complexity index is 642. The zero-order valence-corrected chi connectivity index (χ0v) is 12.0. The van der Waals surface area contributed by atoms with Crippen molar-refractivity contribution in [3.05, 3.63) is 70.6 Å². The average molecular weight is 298 g/mol. The molecule has 2 atom stereocenters. The third kappa shape index (κ3) is 4.23. The van der Waals surface area contributed by atoms with Gasteiger partial charge in [0.2, 0.25) is 0 Å². The molecule has 0 aliphatic carbocycles. The third-order valence-corrected chi connectivity index (χ3v) is 3.28. The van der Waals surface area contributed by atoms with Gasteiger partial charge in [0, 0.05) is 28.4 Å². The minimum absolute atomic E-state index is 0.142. The molecule has 0 amide bonds. The number of rotatable bonds is 7. The van der Waals surface area contributed by atoms with Crippen molar-refractivity contribution in [3.8, 4) is 0 Å². The fraction of sp³-hybridized carbons (Fsp3) is 0.250. The molecule has 0 radical (unpaired) electrons. The summed E-state index contributed by atoms with van der Waals surface area (Å²) in [4.78, 5) is 2.63. The topological polar surface area (TPSA) is 101 Å². The Morgan fingerprint density at radius 3 is 2.45 bits per heavy atom. The molecule has 0 saturated heterocycles. The number of aliphatic hydroxyl groups excluding tert-OH is 2. The van der Waals surface area contributed by atoms with Crippen molar-refractivity contribution in [2.45, 2.75) is 18.6 Å². The SMILES string of the molecule is [N-]=[N+]=NCCC(O)C(O)c1ccccc1Nc1ccccc1. The van der Waals surface area contributed by atoms with Crippen LogP contribution in [0.25, 0.3) is 10.4 Å². The zero-order chi connectivity index (χ0) is 15.8. The van der Waals surface area contributed by atoms with E-state index in [1.54, 1.807) is 12.1 Å². The zero-order valence-electron chi connectivity index (χ0n) is 12.0. The molecule has 6 heteroatoms.